The third kappa shape index (κ3) is 3.74. The third-order valence-corrected chi connectivity index (χ3v) is 4.96. The van der Waals surface area contributed by atoms with Crippen LogP contribution in [0.15, 0.2) is 47.1 Å². The molecular formula is C21H23N5O2. The van der Waals surface area contributed by atoms with Gasteiger partial charge in [-0.1, -0.05) is 35.0 Å². The molecule has 0 aliphatic carbocycles. The SMILES string of the molecule is Cc1ccc(CN2C[C@@H](c3nc(-c4ccnc(N(C)C)c4)no3)CC2=O)cc1. The van der Waals surface area contributed by atoms with Crippen LogP contribution < -0.4 is 4.90 Å². The van der Waals surface area contributed by atoms with Crippen LogP contribution in [0.2, 0.25) is 0 Å². The third-order valence-electron chi connectivity index (χ3n) is 4.96. The fraction of sp³-hybridized carbons (Fsp3) is 0.333. The lowest BCUT2D eigenvalue weighted by Gasteiger charge is -2.16. The van der Waals surface area contributed by atoms with E-state index >= 15 is 0 Å². The van der Waals surface area contributed by atoms with Gasteiger partial charge in [0.1, 0.15) is 5.82 Å². The molecule has 144 valence electrons. The molecule has 0 unspecified atom stereocenters. The van der Waals surface area contributed by atoms with Crippen LogP contribution >= 0.6 is 0 Å². The smallest absolute Gasteiger partial charge is 0.232 e. The molecule has 0 N–H and O–H groups in total. The Kier molecular flexibility index (Phi) is 4.81. The Morgan fingerprint density at radius 2 is 2.00 bits per heavy atom. The molecule has 3 aromatic rings. The molecule has 0 bridgehead atoms. The number of nitrogens with zero attached hydrogens (tertiary/aromatic N) is 5. The van der Waals surface area contributed by atoms with Crippen LogP contribution in [-0.2, 0) is 11.3 Å². The Morgan fingerprint density at radius 1 is 1.21 bits per heavy atom. The normalized spacial score (nSPS) is 16.6. The van der Waals surface area contributed by atoms with Crippen molar-refractivity contribution in [3.8, 4) is 11.4 Å². The number of benzene rings is 1. The summed E-state index contributed by atoms with van der Waals surface area (Å²) in [7, 11) is 3.86. The van der Waals surface area contributed by atoms with Crippen molar-refractivity contribution >= 4 is 11.7 Å². The van der Waals surface area contributed by atoms with Gasteiger partial charge in [-0.05, 0) is 24.6 Å². The van der Waals surface area contributed by atoms with E-state index in [9.17, 15) is 4.79 Å². The number of carbonyl (C=O) groups is 1. The van der Waals surface area contributed by atoms with Crippen molar-refractivity contribution in [2.24, 2.45) is 0 Å². The monoisotopic (exact) mass is 377 g/mol. The van der Waals surface area contributed by atoms with Gasteiger partial charge in [0.15, 0.2) is 0 Å². The second-order valence-electron chi connectivity index (χ2n) is 7.41. The van der Waals surface area contributed by atoms with Crippen LogP contribution in [-0.4, -0.2) is 46.6 Å². The highest BCUT2D eigenvalue weighted by molar-refractivity contribution is 5.79. The Labute approximate surface area is 164 Å². The van der Waals surface area contributed by atoms with Gasteiger partial charge < -0.3 is 14.3 Å². The zero-order chi connectivity index (χ0) is 19.7. The number of carbonyl (C=O) groups excluding carboxylic acids is 1. The molecule has 2 aromatic heterocycles. The number of rotatable bonds is 5. The van der Waals surface area contributed by atoms with Gasteiger partial charge in [0.2, 0.25) is 17.6 Å². The molecule has 1 fully saturated rings. The van der Waals surface area contributed by atoms with E-state index in [1.165, 1.54) is 5.56 Å². The van der Waals surface area contributed by atoms with E-state index in [4.69, 9.17) is 4.52 Å². The minimum atomic E-state index is -0.0747. The quantitative estimate of drug-likeness (QED) is 0.680. The summed E-state index contributed by atoms with van der Waals surface area (Å²) >= 11 is 0. The van der Waals surface area contributed by atoms with Gasteiger partial charge in [-0.15, -0.1) is 0 Å². The minimum Gasteiger partial charge on any atom is -0.363 e. The average molecular weight is 377 g/mol. The van der Waals surface area contributed by atoms with Crippen LogP contribution in [0.1, 0.15) is 29.4 Å². The largest absolute Gasteiger partial charge is 0.363 e. The molecule has 7 nitrogen and oxygen atoms in total. The van der Waals surface area contributed by atoms with Crippen molar-refractivity contribution in [1.29, 1.82) is 0 Å². The first-order valence-electron chi connectivity index (χ1n) is 9.30. The zero-order valence-electron chi connectivity index (χ0n) is 16.3. The lowest BCUT2D eigenvalue weighted by atomic mass is 10.1. The van der Waals surface area contributed by atoms with Crippen molar-refractivity contribution in [2.45, 2.75) is 25.8 Å². The zero-order valence-corrected chi connectivity index (χ0v) is 16.3. The van der Waals surface area contributed by atoms with Crippen molar-refractivity contribution in [1.82, 2.24) is 20.0 Å². The number of aromatic nitrogens is 3. The van der Waals surface area contributed by atoms with E-state index in [0.717, 1.165) is 16.9 Å². The summed E-state index contributed by atoms with van der Waals surface area (Å²) in [6.45, 7) is 3.25. The van der Waals surface area contributed by atoms with Crippen molar-refractivity contribution in [2.75, 3.05) is 25.5 Å². The Balaban J connectivity index is 1.48. The van der Waals surface area contributed by atoms with Gasteiger partial charge in [-0.3, -0.25) is 4.79 Å². The van der Waals surface area contributed by atoms with Crippen LogP contribution in [0.25, 0.3) is 11.4 Å². The molecule has 0 radical (unpaired) electrons. The van der Waals surface area contributed by atoms with E-state index < -0.39 is 0 Å². The molecule has 1 atom stereocenters. The standard InChI is InChI=1S/C21H23N5O2/c1-14-4-6-15(7-5-14)12-26-13-17(11-19(26)27)21-23-20(24-28-21)16-8-9-22-18(10-16)25(2)3/h4-10,17H,11-13H2,1-3H3/t17-/m0/s1. The summed E-state index contributed by atoms with van der Waals surface area (Å²) in [5, 5.41) is 4.11. The maximum atomic E-state index is 12.4. The summed E-state index contributed by atoms with van der Waals surface area (Å²) in [6.07, 6.45) is 2.12. The van der Waals surface area contributed by atoms with Crippen LogP contribution in [0.4, 0.5) is 5.82 Å². The molecule has 1 aliphatic heterocycles. The first-order chi connectivity index (χ1) is 13.5. The van der Waals surface area contributed by atoms with Gasteiger partial charge in [0.25, 0.3) is 0 Å². The molecule has 0 saturated carbocycles. The number of aryl methyl sites for hydroxylation is 1. The molecule has 1 saturated heterocycles. The first-order valence-corrected chi connectivity index (χ1v) is 9.30. The lowest BCUT2D eigenvalue weighted by Crippen LogP contribution is -2.24. The van der Waals surface area contributed by atoms with Crippen molar-refractivity contribution in [3.05, 3.63) is 59.6 Å². The molecule has 1 aromatic carbocycles. The first kappa shape index (κ1) is 18.2. The number of pyridine rings is 1. The fourth-order valence-electron chi connectivity index (χ4n) is 3.32. The highest BCUT2D eigenvalue weighted by Crippen LogP contribution is 2.30. The summed E-state index contributed by atoms with van der Waals surface area (Å²) < 4.78 is 5.49. The van der Waals surface area contributed by atoms with E-state index in [0.29, 0.717) is 31.2 Å². The van der Waals surface area contributed by atoms with Gasteiger partial charge >= 0.3 is 0 Å². The van der Waals surface area contributed by atoms with Crippen molar-refractivity contribution < 1.29 is 9.32 Å². The highest BCUT2D eigenvalue weighted by atomic mass is 16.5. The molecule has 4 rings (SSSR count). The highest BCUT2D eigenvalue weighted by Gasteiger charge is 2.34. The van der Waals surface area contributed by atoms with Gasteiger partial charge in [-0.2, -0.15) is 4.98 Å². The Bertz CT molecular complexity index is 980. The van der Waals surface area contributed by atoms with E-state index in [1.54, 1.807) is 6.20 Å². The second-order valence-corrected chi connectivity index (χ2v) is 7.41. The number of anilines is 1. The Morgan fingerprint density at radius 3 is 2.75 bits per heavy atom. The Hall–Kier alpha value is -3.22. The van der Waals surface area contributed by atoms with Crippen LogP contribution in [0.5, 0.6) is 0 Å². The molecule has 3 heterocycles. The minimum absolute atomic E-state index is 0.0747. The summed E-state index contributed by atoms with van der Waals surface area (Å²) in [5.41, 5.74) is 3.18. The number of amides is 1. The molecule has 1 amide bonds. The van der Waals surface area contributed by atoms with Crippen molar-refractivity contribution in [3.63, 3.8) is 0 Å². The lowest BCUT2D eigenvalue weighted by molar-refractivity contribution is -0.128. The molecule has 7 heteroatoms. The molecular weight excluding hydrogens is 354 g/mol. The van der Waals surface area contributed by atoms with Crippen LogP contribution in [0, 0.1) is 6.92 Å². The maximum absolute atomic E-state index is 12.4. The second kappa shape index (κ2) is 7.42. The topological polar surface area (TPSA) is 75.4 Å². The predicted octanol–water partition coefficient (Wildman–Crippen LogP) is 3.02. The summed E-state index contributed by atoms with van der Waals surface area (Å²) in [5.74, 6) is 1.89. The molecule has 28 heavy (non-hydrogen) atoms. The summed E-state index contributed by atoms with van der Waals surface area (Å²) in [6, 6.07) is 12.0. The predicted molar refractivity (Wildman–Crippen MR) is 106 cm³/mol. The van der Waals surface area contributed by atoms with E-state index in [2.05, 4.69) is 46.3 Å². The van der Waals surface area contributed by atoms with E-state index in [1.807, 2.05) is 36.0 Å². The average Bonchev–Trinajstić information content (AvgIpc) is 3.31. The fourth-order valence-corrected chi connectivity index (χ4v) is 3.32. The maximum Gasteiger partial charge on any atom is 0.232 e. The van der Waals surface area contributed by atoms with Crippen LogP contribution in [0.3, 0.4) is 0 Å². The number of hydrogen-bond donors (Lipinski definition) is 0. The number of likely N-dealkylation sites (tertiary alicyclic amines) is 1. The van der Waals surface area contributed by atoms with Gasteiger partial charge in [0, 0.05) is 45.4 Å². The van der Waals surface area contributed by atoms with Gasteiger partial charge in [0.05, 0.1) is 5.92 Å². The molecule has 1 aliphatic rings. The molecule has 0 spiro atoms. The van der Waals surface area contributed by atoms with E-state index in [-0.39, 0.29) is 11.8 Å². The number of hydrogen-bond acceptors (Lipinski definition) is 6. The van der Waals surface area contributed by atoms with Gasteiger partial charge in [-0.25, -0.2) is 4.98 Å². The summed E-state index contributed by atoms with van der Waals surface area (Å²) in [4.78, 5) is 25.1.